The van der Waals surface area contributed by atoms with Crippen molar-refractivity contribution in [3.05, 3.63) is 59.5 Å². The highest BCUT2D eigenvalue weighted by Crippen LogP contribution is 2.29. The molecule has 0 spiro atoms. The van der Waals surface area contributed by atoms with E-state index in [0.717, 1.165) is 16.8 Å². The maximum absolute atomic E-state index is 12.2. The molecular formula is C18H17N3O2S. The first-order chi connectivity index (χ1) is 11.6. The first kappa shape index (κ1) is 16.0. The lowest BCUT2D eigenvalue weighted by molar-refractivity contribution is -0.118. The molecule has 0 aliphatic carbocycles. The van der Waals surface area contributed by atoms with Gasteiger partial charge in [-0.25, -0.2) is 4.98 Å². The van der Waals surface area contributed by atoms with Gasteiger partial charge in [-0.1, -0.05) is 35.9 Å². The zero-order valence-corrected chi connectivity index (χ0v) is 14.0. The van der Waals surface area contributed by atoms with Gasteiger partial charge in [0.2, 0.25) is 0 Å². The number of amides is 1. The number of hydrogen-bond donors (Lipinski definition) is 2. The number of anilines is 2. The summed E-state index contributed by atoms with van der Waals surface area (Å²) in [6.45, 7) is 1.94. The number of para-hydroxylation sites is 1. The van der Waals surface area contributed by atoms with E-state index < -0.39 is 0 Å². The minimum atomic E-state index is -0.230. The smallest absolute Gasteiger partial charge is 0.262 e. The van der Waals surface area contributed by atoms with Gasteiger partial charge in [0.15, 0.2) is 11.7 Å². The first-order valence-electron chi connectivity index (χ1n) is 7.41. The third kappa shape index (κ3) is 3.91. The van der Waals surface area contributed by atoms with E-state index in [-0.39, 0.29) is 12.5 Å². The zero-order valence-electron chi connectivity index (χ0n) is 13.2. The van der Waals surface area contributed by atoms with Gasteiger partial charge in [-0.2, -0.15) is 0 Å². The summed E-state index contributed by atoms with van der Waals surface area (Å²) < 4.78 is 5.50. The summed E-state index contributed by atoms with van der Waals surface area (Å²) in [6, 6.07) is 15.0. The van der Waals surface area contributed by atoms with Crippen LogP contribution in [-0.2, 0) is 4.79 Å². The van der Waals surface area contributed by atoms with Crippen LogP contribution in [-0.4, -0.2) is 17.5 Å². The third-order valence-electron chi connectivity index (χ3n) is 3.39. The topological polar surface area (TPSA) is 77.2 Å². The lowest BCUT2D eigenvalue weighted by Gasteiger charge is -2.10. The van der Waals surface area contributed by atoms with Crippen LogP contribution in [0.1, 0.15) is 5.56 Å². The number of thiazole rings is 1. The second-order valence-corrected chi connectivity index (χ2v) is 6.16. The van der Waals surface area contributed by atoms with Crippen molar-refractivity contribution in [2.45, 2.75) is 6.92 Å². The Hall–Kier alpha value is -2.86. The van der Waals surface area contributed by atoms with E-state index in [1.165, 1.54) is 11.3 Å². The van der Waals surface area contributed by atoms with Crippen molar-refractivity contribution in [3.63, 3.8) is 0 Å². The van der Waals surface area contributed by atoms with E-state index >= 15 is 0 Å². The minimum Gasteiger partial charge on any atom is -0.484 e. The van der Waals surface area contributed by atoms with Crippen LogP contribution in [0.4, 0.5) is 10.8 Å². The molecule has 0 unspecified atom stereocenters. The summed E-state index contributed by atoms with van der Waals surface area (Å²) >= 11 is 1.36. The van der Waals surface area contributed by atoms with Crippen LogP contribution in [0.5, 0.6) is 5.75 Å². The van der Waals surface area contributed by atoms with Gasteiger partial charge in [0.25, 0.3) is 5.91 Å². The number of carbonyl (C=O) groups is 1. The molecule has 0 saturated carbocycles. The van der Waals surface area contributed by atoms with E-state index in [0.29, 0.717) is 16.6 Å². The fourth-order valence-electron chi connectivity index (χ4n) is 2.20. The molecule has 0 saturated heterocycles. The van der Waals surface area contributed by atoms with E-state index in [1.54, 1.807) is 0 Å². The summed E-state index contributed by atoms with van der Waals surface area (Å²) in [7, 11) is 0. The highest BCUT2D eigenvalue weighted by atomic mass is 32.1. The summed E-state index contributed by atoms with van der Waals surface area (Å²) in [4.78, 5) is 16.4. The fourth-order valence-corrected chi connectivity index (χ4v) is 2.76. The second-order valence-electron chi connectivity index (χ2n) is 5.27. The fraction of sp³-hybridized carbons (Fsp3) is 0.111. The Morgan fingerprint density at radius 1 is 1.21 bits per heavy atom. The highest BCUT2D eigenvalue weighted by Gasteiger charge is 2.11. The van der Waals surface area contributed by atoms with Crippen molar-refractivity contribution in [3.8, 4) is 17.0 Å². The predicted molar refractivity (Wildman–Crippen MR) is 97.3 cm³/mol. The molecule has 6 heteroatoms. The molecule has 0 aliphatic heterocycles. The number of nitrogens with one attached hydrogen (secondary N) is 1. The summed E-state index contributed by atoms with van der Waals surface area (Å²) in [6.07, 6.45) is 0. The maximum Gasteiger partial charge on any atom is 0.262 e. The molecule has 1 amide bonds. The number of nitrogens with two attached hydrogens (primary N) is 1. The Labute approximate surface area is 144 Å². The quantitative estimate of drug-likeness (QED) is 0.743. The standard InChI is InChI=1S/C18H17N3O2S/c1-12-6-8-13(9-7-12)23-10-17(22)20-15-5-3-2-4-14(15)16-11-24-18(19)21-16/h2-9,11H,10H2,1H3,(H2,19,21)(H,20,22). The normalized spacial score (nSPS) is 10.4. The molecule has 0 aliphatic rings. The number of carbonyl (C=O) groups excluding carboxylic acids is 1. The molecular weight excluding hydrogens is 322 g/mol. The predicted octanol–water partition coefficient (Wildman–Crippen LogP) is 3.72. The average Bonchev–Trinajstić information content (AvgIpc) is 3.01. The van der Waals surface area contributed by atoms with Crippen LogP contribution >= 0.6 is 11.3 Å². The summed E-state index contributed by atoms with van der Waals surface area (Å²) in [5.41, 5.74) is 9.08. The molecule has 1 heterocycles. The summed E-state index contributed by atoms with van der Waals surface area (Å²) in [5.74, 6) is 0.433. The molecule has 2 aromatic carbocycles. The van der Waals surface area contributed by atoms with Crippen molar-refractivity contribution >= 4 is 28.1 Å². The molecule has 0 bridgehead atoms. The van der Waals surface area contributed by atoms with E-state index in [2.05, 4.69) is 10.3 Å². The van der Waals surface area contributed by atoms with Crippen molar-refractivity contribution in [1.29, 1.82) is 0 Å². The van der Waals surface area contributed by atoms with Crippen molar-refractivity contribution < 1.29 is 9.53 Å². The Bertz CT molecular complexity index is 843. The number of benzene rings is 2. The Kier molecular flexibility index (Phi) is 4.77. The van der Waals surface area contributed by atoms with Gasteiger partial charge in [-0.3, -0.25) is 4.79 Å². The molecule has 5 nitrogen and oxygen atoms in total. The van der Waals surface area contributed by atoms with Gasteiger partial charge < -0.3 is 15.8 Å². The molecule has 0 radical (unpaired) electrons. The van der Waals surface area contributed by atoms with Crippen molar-refractivity contribution in [2.24, 2.45) is 0 Å². The number of aromatic nitrogens is 1. The minimum absolute atomic E-state index is 0.0589. The monoisotopic (exact) mass is 339 g/mol. The number of nitrogens with zero attached hydrogens (tertiary/aromatic N) is 1. The number of aryl methyl sites for hydroxylation is 1. The van der Waals surface area contributed by atoms with Crippen LogP contribution in [0.2, 0.25) is 0 Å². The Balaban J connectivity index is 1.67. The Morgan fingerprint density at radius 2 is 1.96 bits per heavy atom. The Morgan fingerprint density at radius 3 is 2.67 bits per heavy atom. The van der Waals surface area contributed by atoms with Gasteiger partial charge in [0.1, 0.15) is 5.75 Å². The van der Waals surface area contributed by atoms with Crippen LogP contribution in [0.3, 0.4) is 0 Å². The van der Waals surface area contributed by atoms with E-state index in [4.69, 9.17) is 10.5 Å². The van der Waals surface area contributed by atoms with Gasteiger partial charge in [-0.05, 0) is 25.1 Å². The van der Waals surface area contributed by atoms with Crippen LogP contribution < -0.4 is 15.8 Å². The molecule has 1 aromatic heterocycles. The van der Waals surface area contributed by atoms with Crippen LogP contribution in [0.15, 0.2) is 53.9 Å². The van der Waals surface area contributed by atoms with Crippen molar-refractivity contribution in [2.75, 3.05) is 17.7 Å². The zero-order chi connectivity index (χ0) is 16.9. The van der Waals surface area contributed by atoms with Gasteiger partial charge in [-0.15, -0.1) is 11.3 Å². The SMILES string of the molecule is Cc1ccc(OCC(=O)Nc2ccccc2-c2csc(N)n2)cc1. The number of ether oxygens (including phenoxy) is 1. The van der Waals surface area contributed by atoms with Gasteiger partial charge >= 0.3 is 0 Å². The highest BCUT2D eigenvalue weighted by molar-refractivity contribution is 7.13. The molecule has 122 valence electrons. The molecule has 3 N–H and O–H groups in total. The van der Waals surface area contributed by atoms with Crippen LogP contribution in [0.25, 0.3) is 11.3 Å². The van der Waals surface area contributed by atoms with E-state index in [9.17, 15) is 4.79 Å². The first-order valence-corrected chi connectivity index (χ1v) is 8.29. The van der Waals surface area contributed by atoms with Crippen LogP contribution in [0, 0.1) is 6.92 Å². The third-order valence-corrected chi connectivity index (χ3v) is 4.06. The van der Waals surface area contributed by atoms with Gasteiger partial charge in [0.05, 0.1) is 11.4 Å². The molecule has 0 fully saturated rings. The average molecular weight is 339 g/mol. The second kappa shape index (κ2) is 7.14. The molecule has 0 atom stereocenters. The largest absolute Gasteiger partial charge is 0.484 e. The summed E-state index contributed by atoms with van der Waals surface area (Å²) in [5, 5.41) is 5.22. The lowest BCUT2D eigenvalue weighted by Crippen LogP contribution is -2.20. The van der Waals surface area contributed by atoms with Gasteiger partial charge in [0, 0.05) is 10.9 Å². The number of nitrogen functional groups attached to an aromatic ring is 1. The lowest BCUT2D eigenvalue weighted by atomic mass is 10.1. The molecule has 3 aromatic rings. The molecule has 24 heavy (non-hydrogen) atoms. The number of rotatable bonds is 5. The molecule has 3 rings (SSSR count). The maximum atomic E-state index is 12.2. The van der Waals surface area contributed by atoms with E-state index in [1.807, 2.05) is 60.8 Å². The number of hydrogen-bond acceptors (Lipinski definition) is 5. The van der Waals surface area contributed by atoms with Crippen molar-refractivity contribution in [1.82, 2.24) is 4.98 Å².